The van der Waals surface area contributed by atoms with Crippen molar-refractivity contribution in [1.29, 1.82) is 0 Å². The second kappa shape index (κ2) is 25.2. The minimum absolute atomic E-state index is 0.0288. The molecule has 2 amide bonds. The predicted molar refractivity (Wildman–Crippen MR) is 324 cm³/mol. The molecule has 2 aliphatic rings. The summed E-state index contributed by atoms with van der Waals surface area (Å²) in [7, 11) is 2.86. The van der Waals surface area contributed by atoms with E-state index in [2.05, 4.69) is 31.7 Å². The van der Waals surface area contributed by atoms with Crippen LogP contribution in [0.25, 0.3) is 10.1 Å². The Labute approximate surface area is 503 Å². The van der Waals surface area contributed by atoms with Crippen molar-refractivity contribution in [3.8, 4) is 17.2 Å². The maximum Gasteiger partial charge on any atom is 0.514 e. The fraction of sp³-hybridized carbons (Fsp3) is 0.300. The lowest BCUT2D eigenvalue weighted by molar-refractivity contribution is -0.162. The fourth-order valence-corrected chi connectivity index (χ4v) is 14.8. The summed E-state index contributed by atoms with van der Waals surface area (Å²) in [6.07, 6.45) is -2.19. The first kappa shape index (κ1) is 60.2. The highest BCUT2D eigenvalue weighted by molar-refractivity contribution is 9.10. The summed E-state index contributed by atoms with van der Waals surface area (Å²) in [4.78, 5) is 95.0. The van der Waals surface area contributed by atoms with Crippen molar-refractivity contribution in [3.05, 3.63) is 175 Å². The van der Waals surface area contributed by atoms with Crippen LogP contribution in [0.3, 0.4) is 0 Å². The molecular formula is C60H58BrN5O13S4. The number of hydrogen-bond acceptors (Lipinski definition) is 20. The number of rotatable bonds is 18. The maximum absolute atomic E-state index is 14.6. The Morgan fingerprint density at radius 3 is 1.90 bits per heavy atom. The van der Waals surface area contributed by atoms with Gasteiger partial charge >= 0.3 is 18.3 Å². The number of amides is 2. The molecule has 2 N–H and O–H groups in total. The van der Waals surface area contributed by atoms with Crippen molar-refractivity contribution in [2.24, 2.45) is 10.6 Å². The van der Waals surface area contributed by atoms with E-state index in [-0.39, 0.29) is 57.4 Å². The Bertz CT molecular complexity index is 3540. The second-order valence-electron chi connectivity index (χ2n) is 21.2. The van der Waals surface area contributed by atoms with Gasteiger partial charge in [-0.2, -0.15) is 0 Å². The number of ether oxygens (including phenoxy) is 6. The first-order valence-corrected chi connectivity index (χ1v) is 30.4. The van der Waals surface area contributed by atoms with Gasteiger partial charge in [0.2, 0.25) is 11.3 Å². The average Bonchev–Trinajstić information content (AvgIpc) is 4.12. The number of halogens is 1. The molecule has 83 heavy (non-hydrogen) atoms. The van der Waals surface area contributed by atoms with Gasteiger partial charge in [-0.25, -0.2) is 14.6 Å². The number of anilines is 1. The van der Waals surface area contributed by atoms with E-state index >= 15 is 0 Å². The lowest BCUT2D eigenvalue weighted by atomic mass is 9.77. The zero-order valence-corrected chi connectivity index (χ0v) is 51.2. The van der Waals surface area contributed by atoms with Crippen molar-refractivity contribution in [1.82, 2.24) is 15.2 Å². The van der Waals surface area contributed by atoms with Gasteiger partial charge in [-0.05, 0) is 97.9 Å². The van der Waals surface area contributed by atoms with Crippen LogP contribution in [0.15, 0.2) is 151 Å². The zero-order chi connectivity index (χ0) is 59.3. The van der Waals surface area contributed by atoms with Crippen molar-refractivity contribution >= 4 is 113 Å². The number of hydrogen-bond donors (Lipinski definition) is 2. The van der Waals surface area contributed by atoms with Gasteiger partial charge < -0.3 is 48.8 Å². The molecule has 2 fully saturated rings. The number of carbonyl (C=O) groups excluding carboxylic acids is 5. The molecular weight excluding hydrogens is 1210 g/mol. The molecule has 432 valence electrons. The monoisotopic (exact) mass is 1260 g/mol. The number of nitrogens with zero attached hydrogens (tertiary/aromatic N) is 3. The van der Waals surface area contributed by atoms with E-state index in [1.165, 1.54) is 59.0 Å². The van der Waals surface area contributed by atoms with Crippen LogP contribution in [0, 0.1) is 5.41 Å². The van der Waals surface area contributed by atoms with E-state index in [0.29, 0.717) is 25.4 Å². The van der Waals surface area contributed by atoms with E-state index in [4.69, 9.17) is 38.2 Å². The van der Waals surface area contributed by atoms with Crippen molar-refractivity contribution in [2.75, 3.05) is 37.6 Å². The number of esters is 1. The minimum Gasteiger partial charge on any atom is -0.497 e. The molecule has 0 aliphatic carbocycles. The summed E-state index contributed by atoms with van der Waals surface area (Å²) >= 11 is 8.41. The highest BCUT2D eigenvalue weighted by atomic mass is 79.9. The molecule has 2 aromatic heterocycles. The summed E-state index contributed by atoms with van der Waals surface area (Å²) in [5.74, 6) is -1.43. The summed E-state index contributed by atoms with van der Waals surface area (Å²) < 4.78 is 34.1. The van der Waals surface area contributed by atoms with E-state index in [9.17, 15) is 28.8 Å². The van der Waals surface area contributed by atoms with Crippen LogP contribution < -0.4 is 30.3 Å². The van der Waals surface area contributed by atoms with Gasteiger partial charge in [-0.1, -0.05) is 108 Å². The second-order valence-corrected chi connectivity index (χ2v) is 26.3. The van der Waals surface area contributed by atoms with E-state index in [1.807, 2.05) is 91.0 Å². The van der Waals surface area contributed by atoms with Crippen LogP contribution in [0.1, 0.15) is 69.5 Å². The zero-order valence-electron chi connectivity index (χ0n) is 46.3. The van der Waals surface area contributed by atoms with Crippen molar-refractivity contribution < 1.29 is 57.2 Å². The van der Waals surface area contributed by atoms with Crippen LogP contribution >= 0.6 is 62.1 Å². The van der Waals surface area contributed by atoms with Crippen LogP contribution in [0.5, 0.6) is 17.2 Å². The van der Waals surface area contributed by atoms with Gasteiger partial charge in [0, 0.05) is 39.6 Å². The van der Waals surface area contributed by atoms with E-state index in [1.54, 1.807) is 78.3 Å². The topological polar surface area (TPSA) is 220 Å². The Balaban J connectivity index is 0.962. The number of oxime groups is 1. The quantitative estimate of drug-likeness (QED) is 0.0119. The molecule has 0 radical (unpaired) electrons. The lowest BCUT2D eigenvalue weighted by Gasteiger charge is -2.54. The summed E-state index contributed by atoms with van der Waals surface area (Å²) in [5.41, 5.74) is -1.00. The first-order chi connectivity index (χ1) is 39.6. The van der Waals surface area contributed by atoms with Crippen LogP contribution in [-0.2, 0) is 45.6 Å². The van der Waals surface area contributed by atoms with Gasteiger partial charge in [0.05, 0.1) is 15.8 Å². The molecule has 0 spiro atoms. The highest BCUT2D eigenvalue weighted by Crippen LogP contribution is 2.48. The predicted octanol–water partition coefficient (Wildman–Crippen LogP) is 11.8. The summed E-state index contributed by atoms with van der Waals surface area (Å²) in [6, 6.07) is 38.7. The Kier molecular flexibility index (Phi) is 18.3. The van der Waals surface area contributed by atoms with Gasteiger partial charge in [-0.15, -0.1) is 46.2 Å². The minimum atomic E-state index is -1.34. The average molecular weight is 1270 g/mol. The maximum atomic E-state index is 14.6. The SMILES string of the molecule is CON=C(C(=O)NC1C(=O)N2CC(CSc3sc4cc(OC(=O)OC(C)(C)C)c(OC(=O)OC(C)(C)C)cc4c(=O)c3Br)(C(=O)OCc3ccc(OC)cc3)CS[C@H]12)c1csc(NC(c2ccccc2)(c2ccccc2)c2ccccc2)n1. The highest BCUT2D eigenvalue weighted by Gasteiger charge is 2.58. The molecule has 5 aromatic carbocycles. The van der Waals surface area contributed by atoms with E-state index in [0.717, 1.165) is 28.0 Å². The van der Waals surface area contributed by atoms with Crippen LogP contribution in [0.2, 0.25) is 0 Å². The standard InChI is InChI=1S/C60H58BrN5O13S4/c1-57(2,3)78-55(71)76-42-28-40-44(29-43(42)77-56(72)79-58(4,5)6)83-52(45(61)48(40)67)82-34-59(53(70)75-30-35-24-26-39(73-7)27-25-35)32-66-50(69)47(51(66)81-33-59)63-49(68)46(65-74-8)41-31-80-54(62-41)64-60(36-18-12-9-13-19-36,37-20-14-10-15-21-37)38-22-16-11-17-23-38/h9-29,31,47,51H,30,32-34H2,1-8H3,(H,62,64)(H,63,68)/t47?,51-,59?/m1/s1. The fourth-order valence-electron chi connectivity index (χ4n) is 9.14. The molecule has 2 unspecified atom stereocenters. The normalized spacial score (nSPS) is 17.1. The first-order valence-electron chi connectivity index (χ1n) is 25.9. The molecule has 9 rings (SSSR count). The van der Waals surface area contributed by atoms with Gasteiger partial charge in [0.15, 0.2) is 22.3 Å². The molecule has 0 saturated carbocycles. The number of β-lactam (4-membered cyclic amide) rings is 1. The molecule has 3 atom stereocenters. The molecule has 0 bridgehead atoms. The number of benzene rings is 5. The number of methoxy groups -OCH3 is 1. The molecule has 4 heterocycles. The lowest BCUT2D eigenvalue weighted by Crippen LogP contribution is -2.74. The summed E-state index contributed by atoms with van der Waals surface area (Å²) in [5, 5.41) is 12.4. The summed E-state index contributed by atoms with van der Waals surface area (Å²) in [6.45, 7) is 9.74. The number of carbonyl (C=O) groups is 5. The number of thioether (sulfide) groups is 2. The van der Waals surface area contributed by atoms with E-state index < -0.39 is 69.1 Å². The third kappa shape index (κ3) is 13.7. The smallest absolute Gasteiger partial charge is 0.497 e. The number of thiazole rings is 1. The molecule has 7 aromatic rings. The van der Waals surface area contributed by atoms with Gasteiger partial charge in [0.1, 0.15) is 58.7 Å². The Hall–Kier alpha value is -7.44. The van der Waals surface area contributed by atoms with Crippen LogP contribution in [-0.4, -0.2) is 101 Å². The third-order valence-electron chi connectivity index (χ3n) is 13.0. The number of aromatic nitrogens is 1. The molecule has 18 nitrogen and oxygen atoms in total. The van der Waals surface area contributed by atoms with Crippen molar-refractivity contribution in [2.45, 2.75) is 80.5 Å². The number of nitrogens with one attached hydrogen (secondary N) is 2. The van der Waals surface area contributed by atoms with Crippen LogP contribution in [0.4, 0.5) is 14.7 Å². The Morgan fingerprint density at radius 1 is 0.795 bits per heavy atom. The molecule has 2 aliphatic heterocycles. The Morgan fingerprint density at radius 2 is 1.36 bits per heavy atom. The molecule has 23 heteroatoms. The van der Waals surface area contributed by atoms with Crippen molar-refractivity contribution in [3.63, 3.8) is 0 Å². The van der Waals surface area contributed by atoms with Gasteiger partial charge in [0.25, 0.3) is 5.91 Å². The molecule has 2 saturated heterocycles. The number of fused-ring (bicyclic) bond motifs is 2. The third-order valence-corrected chi connectivity index (χ3v) is 19.3. The largest absolute Gasteiger partial charge is 0.514 e. The van der Waals surface area contributed by atoms with Gasteiger partial charge in [-0.3, -0.25) is 19.2 Å².